The average molecular weight is 459 g/mol. The molecule has 4 aromatic rings. The maximum absolute atomic E-state index is 5.85. The van der Waals surface area contributed by atoms with E-state index in [1.807, 2.05) is 72.8 Å². The van der Waals surface area contributed by atoms with Crippen LogP contribution in [0.1, 0.15) is 23.7 Å². The number of thiocarbonyl (C=S) groups is 1. The smallest absolute Gasteiger partial charge is 0.262 e. The van der Waals surface area contributed by atoms with Gasteiger partial charge < -0.3 is 19.2 Å². The number of nitrogens with zero attached hydrogens (tertiary/aromatic N) is 1. The van der Waals surface area contributed by atoms with Crippen LogP contribution in [-0.4, -0.2) is 16.7 Å². The largest absolute Gasteiger partial charge is 0.487 e. The summed E-state index contributed by atoms with van der Waals surface area (Å²) in [5.74, 6) is 2.14. The molecule has 0 unspecified atom stereocenters. The predicted molar refractivity (Wildman–Crippen MR) is 133 cm³/mol. The van der Waals surface area contributed by atoms with Crippen LogP contribution in [0, 0.1) is 0 Å². The van der Waals surface area contributed by atoms with E-state index >= 15 is 0 Å². The van der Waals surface area contributed by atoms with Crippen molar-refractivity contribution in [2.24, 2.45) is 0 Å². The summed E-state index contributed by atoms with van der Waals surface area (Å²) in [7, 11) is 0. The van der Waals surface area contributed by atoms with Gasteiger partial charge in [-0.2, -0.15) is 0 Å². The Morgan fingerprint density at radius 3 is 2.55 bits per heavy atom. The van der Waals surface area contributed by atoms with Crippen LogP contribution in [-0.2, 0) is 19.4 Å². The third-order valence-electron chi connectivity index (χ3n) is 5.08. The molecule has 0 saturated carbocycles. The minimum absolute atomic E-state index is 0.349. The lowest BCUT2D eigenvalue weighted by Crippen LogP contribution is -2.28. The van der Waals surface area contributed by atoms with Gasteiger partial charge in [-0.3, -0.25) is 0 Å². The Kier molecular flexibility index (Phi) is 7.72. The summed E-state index contributed by atoms with van der Waals surface area (Å²) >= 11 is 5.30. The number of oxazole rings is 1. The molecule has 4 rings (SSSR count). The molecule has 33 heavy (non-hydrogen) atoms. The molecular formula is C27H26N2O3S. The number of aryl methyl sites for hydroxylation is 1. The minimum Gasteiger partial charge on any atom is -0.487 e. The number of rotatable bonds is 9. The van der Waals surface area contributed by atoms with Gasteiger partial charge in [0.1, 0.15) is 30.1 Å². The van der Waals surface area contributed by atoms with Crippen molar-refractivity contribution >= 4 is 17.4 Å². The number of aromatic nitrogens is 1. The van der Waals surface area contributed by atoms with Gasteiger partial charge >= 0.3 is 0 Å². The fraction of sp³-hybridized carbons (Fsp3) is 0.185. The third-order valence-corrected chi connectivity index (χ3v) is 5.31. The summed E-state index contributed by atoms with van der Waals surface area (Å²) in [6, 6.07) is 25.8. The van der Waals surface area contributed by atoms with Gasteiger partial charge in [0.2, 0.25) is 5.89 Å². The van der Waals surface area contributed by atoms with E-state index < -0.39 is 0 Å². The maximum atomic E-state index is 5.85. The molecule has 3 aromatic carbocycles. The van der Waals surface area contributed by atoms with Crippen molar-refractivity contribution in [1.82, 2.24) is 10.3 Å². The summed E-state index contributed by atoms with van der Waals surface area (Å²) < 4.78 is 17.1. The second-order valence-electron chi connectivity index (χ2n) is 7.51. The van der Waals surface area contributed by atoms with Gasteiger partial charge in [-0.1, -0.05) is 49.4 Å². The van der Waals surface area contributed by atoms with Crippen molar-refractivity contribution in [3.05, 3.63) is 102 Å². The van der Waals surface area contributed by atoms with Crippen LogP contribution in [0.4, 0.5) is 0 Å². The molecule has 0 aliphatic rings. The lowest BCUT2D eigenvalue weighted by atomic mass is 10.1. The van der Waals surface area contributed by atoms with Crippen molar-refractivity contribution in [1.29, 1.82) is 0 Å². The van der Waals surface area contributed by atoms with Gasteiger partial charge in [0.05, 0.1) is 0 Å². The van der Waals surface area contributed by atoms with Crippen molar-refractivity contribution in [2.45, 2.75) is 26.4 Å². The summed E-state index contributed by atoms with van der Waals surface area (Å²) in [5.41, 5.74) is 4.09. The van der Waals surface area contributed by atoms with E-state index in [1.54, 1.807) is 6.26 Å². The maximum Gasteiger partial charge on any atom is 0.262 e. The van der Waals surface area contributed by atoms with E-state index in [2.05, 4.69) is 23.3 Å². The molecule has 0 aliphatic heterocycles. The Bertz CT molecular complexity index is 1170. The molecule has 0 spiro atoms. The van der Waals surface area contributed by atoms with Gasteiger partial charge in [-0.05, 0) is 72.6 Å². The van der Waals surface area contributed by atoms with Crippen molar-refractivity contribution in [3.8, 4) is 23.0 Å². The van der Waals surface area contributed by atoms with Crippen LogP contribution < -0.4 is 14.8 Å². The first kappa shape index (κ1) is 22.6. The molecule has 6 heteroatoms. The molecule has 0 bridgehead atoms. The van der Waals surface area contributed by atoms with Gasteiger partial charge in [0.25, 0.3) is 5.17 Å². The number of ether oxygens (including phenoxy) is 2. The van der Waals surface area contributed by atoms with Gasteiger partial charge in [-0.25, -0.2) is 4.98 Å². The topological polar surface area (TPSA) is 56.5 Å². The number of hydrogen-bond acceptors (Lipinski definition) is 5. The quantitative estimate of drug-likeness (QED) is 0.312. The molecule has 0 radical (unpaired) electrons. The fourth-order valence-electron chi connectivity index (χ4n) is 3.28. The Balaban J connectivity index is 1.20. The van der Waals surface area contributed by atoms with E-state index in [1.165, 1.54) is 11.1 Å². The van der Waals surface area contributed by atoms with Crippen LogP contribution in [0.3, 0.4) is 0 Å². The Morgan fingerprint density at radius 1 is 0.939 bits per heavy atom. The Hall–Kier alpha value is -3.64. The number of benzene rings is 3. The first-order valence-electron chi connectivity index (χ1n) is 11.0. The fourth-order valence-corrected chi connectivity index (χ4v) is 3.48. The zero-order chi connectivity index (χ0) is 22.9. The van der Waals surface area contributed by atoms with Crippen LogP contribution >= 0.6 is 12.2 Å². The summed E-state index contributed by atoms with van der Waals surface area (Å²) in [4.78, 5) is 4.49. The van der Waals surface area contributed by atoms with E-state index in [-0.39, 0.29) is 0 Å². The van der Waals surface area contributed by atoms with Crippen LogP contribution in [0.25, 0.3) is 11.5 Å². The summed E-state index contributed by atoms with van der Waals surface area (Å²) in [6.07, 6.45) is 3.42. The van der Waals surface area contributed by atoms with E-state index in [9.17, 15) is 0 Å². The summed E-state index contributed by atoms with van der Waals surface area (Å²) in [6.45, 7) is 3.15. The first-order valence-corrected chi connectivity index (χ1v) is 11.4. The van der Waals surface area contributed by atoms with E-state index in [0.29, 0.717) is 24.2 Å². The summed E-state index contributed by atoms with van der Waals surface area (Å²) in [5, 5.41) is 3.53. The Labute approximate surface area is 199 Å². The molecule has 1 heterocycles. The highest BCUT2D eigenvalue weighted by Crippen LogP contribution is 2.20. The molecule has 168 valence electrons. The standard InChI is InChI=1S/C27H26N2O3S/c1-2-20-7-6-10-25(17-20)32-27(33)28-16-15-21-11-13-24(14-12-21)30-18-23-19-31-26(29-23)22-8-4-3-5-9-22/h3-14,17,19H,2,15-16,18H2,1H3,(H,28,33). The minimum atomic E-state index is 0.349. The molecule has 1 N–H and O–H groups in total. The molecule has 1 aromatic heterocycles. The van der Waals surface area contributed by atoms with Gasteiger partial charge in [-0.15, -0.1) is 0 Å². The zero-order valence-corrected chi connectivity index (χ0v) is 19.3. The molecular weight excluding hydrogens is 432 g/mol. The third kappa shape index (κ3) is 6.67. The zero-order valence-electron chi connectivity index (χ0n) is 18.5. The van der Waals surface area contributed by atoms with Crippen molar-refractivity contribution in [3.63, 3.8) is 0 Å². The number of nitrogens with one attached hydrogen (secondary N) is 1. The lowest BCUT2D eigenvalue weighted by molar-refractivity contribution is 0.301. The molecule has 0 saturated heterocycles. The first-order chi connectivity index (χ1) is 16.2. The number of hydrogen-bond donors (Lipinski definition) is 1. The molecule has 0 fully saturated rings. The van der Waals surface area contributed by atoms with Crippen molar-refractivity contribution in [2.75, 3.05) is 6.54 Å². The van der Waals surface area contributed by atoms with Crippen LogP contribution in [0.15, 0.2) is 89.5 Å². The van der Waals surface area contributed by atoms with Crippen molar-refractivity contribution < 1.29 is 13.9 Å². The highest BCUT2D eigenvalue weighted by Gasteiger charge is 2.07. The normalized spacial score (nSPS) is 10.6. The Morgan fingerprint density at radius 2 is 1.76 bits per heavy atom. The van der Waals surface area contributed by atoms with E-state index in [4.69, 9.17) is 26.1 Å². The molecule has 0 atom stereocenters. The van der Waals surface area contributed by atoms with E-state index in [0.717, 1.165) is 35.6 Å². The molecule has 0 aliphatic carbocycles. The molecule has 0 amide bonds. The average Bonchev–Trinajstić information content (AvgIpc) is 3.33. The SMILES string of the molecule is CCc1cccc(OC(=S)NCCc2ccc(OCc3coc(-c4ccccc4)n3)cc2)c1. The monoisotopic (exact) mass is 458 g/mol. The van der Waals surface area contributed by atoms with Crippen LogP contribution in [0.5, 0.6) is 11.5 Å². The highest BCUT2D eigenvalue weighted by molar-refractivity contribution is 7.80. The highest BCUT2D eigenvalue weighted by atomic mass is 32.1. The predicted octanol–water partition coefficient (Wildman–Crippen LogP) is 5.98. The second-order valence-corrected chi connectivity index (χ2v) is 7.88. The van der Waals surface area contributed by atoms with Gasteiger partial charge in [0.15, 0.2) is 0 Å². The van der Waals surface area contributed by atoms with Crippen LogP contribution in [0.2, 0.25) is 0 Å². The second kappa shape index (κ2) is 11.3. The lowest BCUT2D eigenvalue weighted by Gasteiger charge is -2.10. The van der Waals surface area contributed by atoms with Gasteiger partial charge in [0, 0.05) is 12.1 Å². The molecule has 5 nitrogen and oxygen atoms in total.